The van der Waals surface area contributed by atoms with E-state index in [1.165, 1.54) is 0 Å². The van der Waals surface area contributed by atoms with Gasteiger partial charge in [-0.3, -0.25) is 0 Å². The van der Waals surface area contributed by atoms with Crippen LogP contribution in [0.4, 0.5) is 0 Å². The molecule has 68 valence electrons. The molecule has 0 aromatic carbocycles. The van der Waals surface area contributed by atoms with Crippen molar-refractivity contribution in [3.63, 3.8) is 0 Å². The van der Waals surface area contributed by atoms with Gasteiger partial charge in [0.25, 0.3) is 0 Å². The van der Waals surface area contributed by atoms with Crippen LogP contribution in [0.5, 0.6) is 0 Å². The standard InChI is InChI=1S/C8H10Br2O2/c1-8(2)4(3-5(9)10)6(8)7(11)12/h3-4,6H,1-2H3,(H,11,12)/p-1/t4-,6-/m0/s1. The van der Waals surface area contributed by atoms with Crippen LogP contribution in [-0.2, 0) is 4.79 Å². The molecule has 1 aliphatic carbocycles. The predicted octanol–water partition coefficient (Wildman–Crippen LogP) is 1.64. The second-order valence-corrected chi connectivity index (χ2v) is 6.37. The zero-order chi connectivity index (χ0) is 9.52. The van der Waals surface area contributed by atoms with Crippen LogP contribution in [0.3, 0.4) is 0 Å². The van der Waals surface area contributed by atoms with Gasteiger partial charge in [0.1, 0.15) is 0 Å². The molecule has 0 heterocycles. The molecule has 0 bridgehead atoms. The van der Waals surface area contributed by atoms with Crippen molar-refractivity contribution in [1.29, 1.82) is 0 Å². The molecule has 4 heteroatoms. The Bertz CT molecular complexity index is 241. The van der Waals surface area contributed by atoms with Crippen LogP contribution in [-0.4, -0.2) is 5.97 Å². The van der Waals surface area contributed by atoms with Gasteiger partial charge >= 0.3 is 0 Å². The fourth-order valence-corrected chi connectivity index (χ4v) is 2.14. The quantitative estimate of drug-likeness (QED) is 0.777. The normalized spacial score (nSPS) is 31.0. The van der Waals surface area contributed by atoms with Gasteiger partial charge < -0.3 is 9.90 Å². The maximum absolute atomic E-state index is 10.6. The molecular formula is C8H9Br2O2-. The fraction of sp³-hybridized carbons (Fsp3) is 0.625. The molecule has 0 aromatic heterocycles. The third-order valence-corrected chi connectivity index (χ3v) is 3.00. The maximum atomic E-state index is 10.6. The van der Waals surface area contributed by atoms with Gasteiger partial charge in [-0.2, -0.15) is 0 Å². The molecule has 1 fully saturated rings. The summed E-state index contributed by atoms with van der Waals surface area (Å²) in [6, 6.07) is 0. The average Bonchev–Trinajstić information content (AvgIpc) is 2.32. The smallest absolute Gasteiger partial charge is 0.0567 e. The van der Waals surface area contributed by atoms with Crippen LogP contribution in [0.25, 0.3) is 0 Å². The van der Waals surface area contributed by atoms with Crippen molar-refractivity contribution >= 4 is 37.8 Å². The van der Waals surface area contributed by atoms with E-state index in [-0.39, 0.29) is 17.3 Å². The number of rotatable bonds is 2. The van der Waals surface area contributed by atoms with E-state index in [4.69, 9.17) is 0 Å². The summed E-state index contributed by atoms with van der Waals surface area (Å²) in [4.78, 5) is 10.6. The van der Waals surface area contributed by atoms with Crippen molar-refractivity contribution in [3.05, 3.63) is 9.47 Å². The summed E-state index contributed by atoms with van der Waals surface area (Å²) >= 11 is 6.42. The van der Waals surface area contributed by atoms with Gasteiger partial charge in [0.2, 0.25) is 0 Å². The summed E-state index contributed by atoms with van der Waals surface area (Å²) in [7, 11) is 0. The molecule has 12 heavy (non-hydrogen) atoms. The highest BCUT2D eigenvalue weighted by molar-refractivity contribution is 9.28. The minimum absolute atomic E-state index is 0.0799. The van der Waals surface area contributed by atoms with Gasteiger partial charge in [-0.1, -0.05) is 19.9 Å². The molecule has 0 aliphatic heterocycles. The third kappa shape index (κ3) is 1.74. The van der Waals surface area contributed by atoms with Gasteiger partial charge in [0.05, 0.1) is 3.39 Å². The summed E-state index contributed by atoms with van der Waals surface area (Å²) in [5.74, 6) is -1.22. The number of carboxylic acids is 1. The second-order valence-electron chi connectivity index (χ2n) is 3.60. The molecule has 0 saturated heterocycles. The monoisotopic (exact) mass is 295 g/mol. The van der Waals surface area contributed by atoms with E-state index in [9.17, 15) is 9.90 Å². The van der Waals surface area contributed by atoms with Gasteiger partial charge in [0.15, 0.2) is 0 Å². The lowest BCUT2D eigenvalue weighted by Gasteiger charge is -2.01. The zero-order valence-electron chi connectivity index (χ0n) is 6.80. The number of carbonyl (C=O) groups is 1. The average molecular weight is 297 g/mol. The number of carbonyl (C=O) groups excluding carboxylic acids is 1. The van der Waals surface area contributed by atoms with E-state index < -0.39 is 5.97 Å². The molecule has 0 unspecified atom stereocenters. The Balaban J connectivity index is 2.73. The van der Waals surface area contributed by atoms with E-state index in [0.717, 1.165) is 3.39 Å². The Morgan fingerprint density at radius 3 is 2.25 bits per heavy atom. The molecule has 2 atom stereocenters. The minimum Gasteiger partial charge on any atom is -0.550 e. The summed E-state index contributed by atoms with van der Waals surface area (Å²) in [6.45, 7) is 3.86. The van der Waals surface area contributed by atoms with Gasteiger partial charge in [-0.15, -0.1) is 0 Å². The van der Waals surface area contributed by atoms with E-state index in [1.54, 1.807) is 0 Å². The Kier molecular flexibility index (Phi) is 2.69. The van der Waals surface area contributed by atoms with E-state index in [0.29, 0.717) is 0 Å². The highest BCUT2D eigenvalue weighted by Crippen LogP contribution is 2.59. The van der Waals surface area contributed by atoms with Gasteiger partial charge in [0, 0.05) is 11.9 Å². The Hall–Kier alpha value is 0.170. The van der Waals surface area contributed by atoms with E-state index in [1.807, 2.05) is 19.9 Å². The van der Waals surface area contributed by atoms with Crippen LogP contribution in [0, 0.1) is 17.3 Å². The molecule has 1 saturated carbocycles. The van der Waals surface area contributed by atoms with Crippen LogP contribution >= 0.6 is 31.9 Å². The first-order valence-corrected chi connectivity index (χ1v) is 5.19. The Morgan fingerprint density at radius 2 is 2.00 bits per heavy atom. The van der Waals surface area contributed by atoms with E-state index in [2.05, 4.69) is 31.9 Å². The summed E-state index contributed by atoms with van der Waals surface area (Å²) in [5, 5.41) is 10.6. The number of hydrogen-bond donors (Lipinski definition) is 0. The molecular weight excluding hydrogens is 288 g/mol. The van der Waals surface area contributed by atoms with Crippen LogP contribution in [0.1, 0.15) is 13.8 Å². The van der Waals surface area contributed by atoms with Crippen molar-refractivity contribution in [1.82, 2.24) is 0 Å². The first-order chi connectivity index (χ1) is 5.37. The van der Waals surface area contributed by atoms with E-state index >= 15 is 0 Å². The SMILES string of the molecule is CC1(C)[C@H](C(=O)[O-])[C@@H]1C=C(Br)Br. The lowest BCUT2D eigenvalue weighted by Crippen LogP contribution is -2.26. The molecule has 0 N–H and O–H groups in total. The van der Waals surface area contributed by atoms with Crippen molar-refractivity contribution in [3.8, 4) is 0 Å². The zero-order valence-corrected chi connectivity index (χ0v) is 9.98. The Morgan fingerprint density at radius 1 is 1.50 bits per heavy atom. The minimum atomic E-state index is -0.956. The second kappa shape index (κ2) is 3.14. The molecule has 2 nitrogen and oxygen atoms in total. The summed E-state index contributed by atoms with van der Waals surface area (Å²) in [6.07, 6.45) is 1.86. The predicted molar refractivity (Wildman–Crippen MR) is 51.7 cm³/mol. The number of hydrogen-bond acceptors (Lipinski definition) is 2. The van der Waals surface area contributed by atoms with Crippen molar-refractivity contribution in [2.75, 3.05) is 0 Å². The molecule has 0 spiro atoms. The largest absolute Gasteiger partial charge is 0.550 e. The summed E-state index contributed by atoms with van der Waals surface area (Å²) < 4.78 is 0.803. The third-order valence-electron chi connectivity index (χ3n) is 2.47. The van der Waals surface area contributed by atoms with Crippen molar-refractivity contribution in [2.24, 2.45) is 17.3 Å². The molecule has 0 aromatic rings. The first kappa shape index (κ1) is 10.3. The molecule has 0 radical (unpaired) electrons. The number of halogens is 2. The topological polar surface area (TPSA) is 40.1 Å². The molecule has 1 aliphatic rings. The maximum Gasteiger partial charge on any atom is 0.0567 e. The van der Waals surface area contributed by atoms with Crippen LogP contribution in [0.15, 0.2) is 9.47 Å². The van der Waals surface area contributed by atoms with Crippen LogP contribution in [0.2, 0.25) is 0 Å². The lowest BCUT2D eigenvalue weighted by atomic mass is 10.1. The highest BCUT2D eigenvalue weighted by Gasteiger charge is 2.57. The Labute approximate surface area is 88.3 Å². The molecule has 0 amide bonds. The van der Waals surface area contributed by atoms with Crippen LogP contribution < -0.4 is 5.11 Å². The lowest BCUT2D eigenvalue weighted by molar-refractivity contribution is -0.308. The fourth-order valence-electron chi connectivity index (χ4n) is 1.57. The van der Waals surface area contributed by atoms with Crippen molar-refractivity contribution < 1.29 is 9.90 Å². The number of allylic oxidation sites excluding steroid dienone is 1. The number of aliphatic carboxylic acids is 1. The molecule has 1 rings (SSSR count). The first-order valence-electron chi connectivity index (χ1n) is 3.61. The number of carboxylic acid groups (broad SMARTS) is 1. The van der Waals surface area contributed by atoms with Gasteiger partial charge in [-0.05, 0) is 43.2 Å². The van der Waals surface area contributed by atoms with Gasteiger partial charge in [-0.25, -0.2) is 0 Å². The van der Waals surface area contributed by atoms with Crippen molar-refractivity contribution in [2.45, 2.75) is 13.8 Å². The summed E-state index contributed by atoms with van der Waals surface area (Å²) in [5.41, 5.74) is -0.161. The highest BCUT2D eigenvalue weighted by atomic mass is 79.9.